The fraction of sp³-hybridized carbons (Fsp3) is 0.273. The second-order valence-corrected chi connectivity index (χ2v) is 3.51. The maximum Gasteiger partial charge on any atom is 0.416 e. The van der Waals surface area contributed by atoms with Crippen molar-refractivity contribution in [3.05, 3.63) is 35.4 Å². The molecule has 92 valence electrons. The number of alkyl halides is 3. The van der Waals surface area contributed by atoms with Crippen molar-refractivity contribution >= 4 is 11.8 Å². The van der Waals surface area contributed by atoms with Gasteiger partial charge in [0.1, 0.15) is 0 Å². The third-order valence-corrected chi connectivity index (χ3v) is 2.34. The zero-order valence-electron chi connectivity index (χ0n) is 8.78. The average molecular weight is 246 g/mol. The predicted molar refractivity (Wildman–Crippen MR) is 52.5 cm³/mol. The number of halogens is 3. The highest BCUT2D eigenvalue weighted by molar-refractivity contribution is 6.34. The van der Waals surface area contributed by atoms with Crippen LogP contribution in [0, 0.1) is 0 Å². The van der Waals surface area contributed by atoms with Crippen LogP contribution in [0.15, 0.2) is 24.3 Å². The van der Waals surface area contributed by atoms with E-state index >= 15 is 0 Å². The van der Waals surface area contributed by atoms with E-state index in [4.69, 9.17) is 5.11 Å². The first-order valence-corrected chi connectivity index (χ1v) is 4.67. The van der Waals surface area contributed by atoms with Gasteiger partial charge in [-0.1, -0.05) is 19.1 Å². The van der Waals surface area contributed by atoms with Crippen molar-refractivity contribution in [3.63, 3.8) is 0 Å². The second-order valence-electron chi connectivity index (χ2n) is 3.51. The summed E-state index contributed by atoms with van der Waals surface area (Å²) in [6.07, 6.45) is -4.45. The molecule has 1 atom stereocenters. The van der Waals surface area contributed by atoms with Crippen LogP contribution in [0.2, 0.25) is 0 Å². The lowest BCUT2D eigenvalue weighted by molar-refractivity contribution is -0.149. The summed E-state index contributed by atoms with van der Waals surface area (Å²) in [5.74, 6) is -3.61. The number of carbonyl (C=O) groups is 2. The molecule has 0 bridgehead atoms. The van der Waals surface area contributed by atoms with Gasteiger partial charge in [-0.2, -0.15) is 13.2 Å². The molecule has 0 radical (unpaired) electrons. The maximum atomic E-state index is 12.2. The van der Waals surface area contributed by atoms with Gasteiger partial charge in [0.15, 0.2) is 0 Å². The quantitative estimate of drug-likeness (QED) is 0.833. The molecule has 6 heteroatoms. The van der Waals surface area contributed by atoms with Crippen LogP contribution in [-0.4, -0.2) is 16.9 Å². The van der Waals surface area contributed by atoms with E-state index < -0.39 is 29.4 Å². The van der Waals surface area contributed by atoms with Crippen molar-refractivity contribution in [1.82, 2.24) is 0 Å². The largest absolute Gasteiger partial charge is 0.475 e. The first-order valence-electron chi connectivity index (χ1n) is 4.67. The van der Waals surface area contributed by atoms with Crippen molar-refractivity contribution in [3.8, 4) is 0 Å². The molecule has 0 saturated carbocycles. The number of carboxylic acids is 1. The normalized spacial score (nSPS) is 13.2. The van der Waals surface area contributed by atoms with Gasteiger partial charge in [-0.25, -0.2) is 4.79 Å². The number of ketones is 1. The van der Waals surface area contributed by atoms with E-state index in [1.807, 2.05) is 0 Å². The molecule has 0 heterocycles. The Balaban J connectivity index is 2.96. The minimum atomic E-state index is -4.45. The van der Waals surface area contributed by atoms with Crippen molar-refractivity contribution in [2.24, 2.45) is 0 Å². The molecule has 0 aliphatic heterocycles. The molecule has 0 spiro atoms. The number of hydrogen-bond acceptors (Lipinski definition) is 2. The van der Waals surface area contributed by atoms with Gasteiger partial charge in [-0.3, -0.25) is 4.79 Å². The van der Waals surface area contributed by atoms with E-state index in [0.717, 1.165) is 24.3 Å². The zero-order valence-corrected chi connectivity index (χ0v) is 8.78. The predicted octanol–water partition coefficient (Wildman–Crippen LogP) is 2.46. The maximum absolute atomic E-state index is 12.2. The van der Waals surface area contributed by atoms with E-state index in [1.54, 1.807) is 0 Å². The Morgan fingerprint density at radius 1 is 1.18 bits per heavy atom. The molecular weight excluding hydrogens is 237 g/mol. The summed E-state index contributed by atoms with van der Waals surface area (Å²) in [4.78, 5) is 21.5. The van der Waals surface area contributed by atoms with Crippen molar-refractivity contribution in [1.29, 1.82) is 0 Å². The van der Waals surface area contributed by atoms with E-state index in [-0.39, 0.29) is 5.56 Å². The fourth-order valence-corrected chi connectivity index (χ4v) is 1.30. The van der Waals surface area contributed by atoms with Gasteiger partial charge in [0, 0.05) is 0 Å². The molecule has 17 heavy (non-hydrogen) atoms. The molecule has 0 aliphatic carbocycles. The first kappa shape index (κ1) is 13.2. The van der Waals surface area contributed by atoms with Gasteiger partial charge < -0.3 is 5.11 Å². The van der Waals surface area contributed by atoms with Crippen LogP contribution >= 0.6 is 0 Å². The van der Waals surface area contributed by atoms with Crippen LogP contribution < -0.4 is 0 Å². The Morgan fingerprint density at radius 3 is 2.00 bits per heavy atom. The summed E-state index contributed by atoms with van der Waals surface area (Å²) in [6.45, 7) is 1.33. The molecule has 1 rings (SSSR count). The zero-order chi connectivity index (χ0) is 13.2. The Labute approximate surface area is 94.9 Å². The van der Waals surface area contributed by atoms with Crippen molar-refractivity contribution in [2.75, 3.05) is 0 Å². The number of benzene rings is 1. The number of carbonyl (C=O) groups excluding carboxylic acids is 1. The number of rotatable bonds is 3. The van der Waals surface area contributed by atoms with Gasteiger partial charge in [-0.15, -0.1) is 0 Å². The highest BCUT2D eigenvalue weighted by atomic mass is 19.4. The second kappa shape index (κ2) is 4.57. The van der Waals surface area contributed by atoms with Crippen LogP contribution in [0.25, 0.3) is 0 Å². The molecule has 1 N–H and O–H groups in total. The fourth-order valence-electron chi connectivity index (χ4n) is 1.30. The third kappa shape index (κ3) is 3.05. The van der Waals surface area contributed by atoms with Gasteiger partial charge >= 0.3 is 12.1 Å². The summed E-state index contributed by atoms with van der Waals surface area (Å²) in [5, 5.41) is 8.47. The number of carboxylic acid groups (broad SMARTS) is 1. The first-order chi connectivity index (χ1) is 7.73. The summed E-state index contributed by atoms with van der Waals surface area (Å²) in [7, 11) is 0. The van der Waals surface area contributed by atoms with Crippen molar-refractivity contribution in [2.45, 2.75) is 19.0 Å². The molecule has 0 saturated heterocycles. The minimum Gasteiger partial charge on any atom is -0.475 e. The summed E-state index contributed by atoms with van der Waals surface area (Å²) in [5.41, 5.74) is -0.596. The number of hydrogen-bond donors (Lipinski definition) is 1. The molecule has 1 aromatic carbocycles. The lowest BCUT2D eigenvalue weighted by atomic mass is 9.96. The topological polar surface area (TPSA) is 54.4 Å². The smallest absolute Gasteiger partial charge is 0.416 e. The Kier molecular flexibility index (Phi) is 3.55. The molecule has 3 nitrogen and oxygen atoms in total. The van der Waals surface area contributed by atoms with Crippen molar-refractivity contribution < 1.29 is 27.9 Å². The Morgan fingerprint density at radius 2 is 1.65 bits per heavy atom. The molecule has 1 aromatic rings. The standard InChI is InChI=1S/C11H9F3O3/c1-6(9(15)10(16)17)7-2-4-8(5-3-7)11(12,13)14/h2-6H,1H3,(H,16,17). The molecular formula is C11H9F3O3. The number of Topliss-reactive ketones (excluding diaryl/α,β-unsaturated/α-hetero) is 1. The summed E-state index contributed by atoms with van der Waals surface area (Å²) in [6, 6.07) is 3.85. The van der Waals surface area contributed by atoms with Crippen LogP contribution in [0.5, 0.6) is 0 Å². The summed E-state index contributed by atoms with van der Waals surface area (Å²) < 4.78 is 36.7. The molecule has 0 aliphatic rings. The minimum absolute atomic E-state index is 0.241. The number of aliphatic carboxylic acids is 1. The monoisotopic (exact) mass is 246 g/mol. The third-order valence-electron chi connectivity index (χ3n) is 2.34. The van der Waals surface area contributed by atoms with Crippen LogP contribution in [0.4, 0.5) is 13.2 Å². The van der Waals surface area contributed by atoms with Crippen LogP contribution in [0.1, 0.15) is 24.0 Å². The van der Waals surface area contributed by atoms with Crippen LogP contribution in [0.3, 0.4) is 0 Å². The van der Waals surface area contributed by atoms with Gasteiger partial charge in [-0.05, 0) is 17.7 Å². The highest BCUT2D eigenvalue weighted by Gasteiger charge is 2.30. The molecule has 0 amide bonds. The lowest BCUT2D eigenvalue weighted by Gasteiger charge is -2.10. The molecule has 0 fully saturated rings. The van der Waals surface area contributed by atoms with E-state index in [2.05, 4.69) is 0 Å². The Bertz CT molecular complexity index is 434. The molecule has 1 unspecified atom stereocenters. The summed E-state index contributed by atoms with van der Waals surface area (Å²) >= 11 is 0. The Hall–Kier alpha value is -1.85. The van der Waals surface area contributed by atoms with Gasteiger partial charge in [0.05, 0.1) is 11.5 Å². The SMILES string of the molecule is CC(C(=O)C(=O)O)c1ccc(C(F)(F)F)cc1. The lowest BCUT2D eigenvalue weighted by Crippen LogP contribution is -2.19. The average Bonchev–Trinajstić information content (AvgIpc) is 2.26. The molecule has 0 aromatic heterocycles. The van der Waals surface area contributed by atoms with Crippen LogP contribution in [-0.2, 0) is 15.8 Å². The van der Waals surface area contributed by atoms with E-state index in [9.17, 15) is 22.8 Å². The van der Waals surface area contributed by atoms with E-state index in [0.29, 0.717) is 0 Å². The van der Waals surface area contributed by atoms with Gasteiger partial charge in [0.25, 0.3) is 0 Å². The highest BCUT2D eigenvalue weighted by Crippen LogP contribution is 2.30. The van der Waals surface area contributed by atoms with Gasteiger partial charge in [0.2, 0.25) is 5.78 Å². The van der Waals surface area contributed by atoms with E-state index in [1.165, 1.54) is 6.92 Å².